The van der Waals surface area contributed by atoms with Crippen LogP contribution in [0.5, 0.6) is 0 Å². The second-order valence-electron chi connectivity index (χ2n) is 6.55. The maximum absolute atomic E-state index is 12.8. The zero-order valence-electron chi connectivity index (χ0n) is 13.9. The monoisotopic (exact) mass is 343 g/mol. The molecule has 2 atom stereocenters. The van der Waals surface area contributed by atoms with Crippen molar-refractivity contribution in [1.29, 1.82) is 0 Å². The first-order chi connectivity index (χ1) is 10.8. The highest BCUT2D eigenvalue weighted by molar-refractivity contribution is 7.89. The van der Waals surface area contributed by atoms with Crippen molar-refractivity contribution >= 4 is 10.0 Å². The predicted octanol–water partition coefficient (Wildman–Crippen LogP) is -1.29. The van der Waals surface area contributed by atoms with E-state index in [2.05, 4.69) is 21.9 Å². The number of piperazine rings is 1. The maximum atomic E-state index is 12.8. The van der Waals surface area contributed by atoms with Crippen molar-refractivity contribution in [3.63, 3.8) is 0 Å². The summed E-state index contributed by atoms with van der Waals surface area (Å²) in [6.07, 6.45) is 0.880. The van der Waals surface area contributed by atoms with Crippen LogP contribution in [-0.2, 0) is 17.1 Å². The molecule has 1 aromatic heterocycles. The third kappa shape index (κ3) is 3.16. The Bertz CT molecular complexity index is 666. The number of hydrogen-bond acceptors (Lipinski definition) is 6. The smallest absolute Gasteiger partial charge is 0.246 e. The summed E-state index contributed by atoms with van der Waals surface area (Å²) in [6, 6.07) is -0.129. The van der Waals surface area contributed by atoms with Crippen LogP contribution in [0.4, 0.5) is 0 Å². The van der Waals surface area contributed by atoms with Crippen molar-refractivity contribution in [1.82, 2.24) is 23.9 Å². The van der Waals surface area contributed by atoms with Gasteiger partial charge in [0.1, 0.15) is 4.90 Å². The van der Waals surface area contributed by atoms with Gasteiger partial charge in [0.25, 0.3) is 0 Å². The summed E-state index contributed by atoms with van der Waals surface area (Å²) in [5.41, 5.74) is 0.491. The van der Waals surface area contributed by atoms with E-state index in [-0.39, 0.29) is 17.5 Å². The highest BCUT2D eigenvalue weighted by atomic mass is 32.2. The highest BCUT2D eigenvalue weighted by Crippen LogP contribution is 2.26. The topological polar surface area (TPSA) is 81.9 Å². The zero-order valence-corrected chi connectivity index (χ0v) is 14.7. The van der Waals surface area contributed by atoms with Gasteiger partial charge in [0.15, 0.2) is 0 Å². The Labute approximate surface area is 137 Å². The fourth-order valence-corrected chi connectivity index (χ4v) is 5.09. The first-order valence-corrected chi connectivity index (χ1v) is 9.34. The third-order valence-corrected chi connectivity index (χ3v) is 6.75. The molecule has 0 amide bonds. The van der Waals surface area contributed by atoms with Gasteiger partial charge in [0, 0.05) is 52.5 Å². The lowest BCUT2D eigenvalue weighted by atomic mass is 10.1. The number of hydrogen-bond donors (Lipinski definition) is 1. The van der Waals surface area contributed by atoms with E-state index in [0.717, 1.165) is 26.2 Å². The van der Waals surface area contributed by atoms with Crippen LogP contribution < -0.4 is 0 Å². The van der Waals surface area contributed by atoms with Crippen LogP contribution in [0.15, 0.2) is 11.1 Å². The van der Waals surface area contributed by atoms with E-state index in [1.54, 1.807) is 14.0 Å². The molecule has 0 radical (unpaired) electrons. The van der Waals surface area contributed by atoms with Crippen LogP contribution in [0.25, 0.3) is 0 Å². The minimum absolute atomic E-state index is 0.129. The molecular formula is C14H25N5O3S. The van der Waals surface area contributed by atoms with E-state index >= 15 is 0 Å². The van der Waals surface area contributed by atoms with Gasteiger partial charge in [-0.05, 0) is 14.0 Å². The molecule has 130 valence electrons. The van der Waals surface area contributed by atoms with Crippen LogP contribution in [0, 0.1) is 6.92 Å². The van der Waals surface area contributed by atoms with E-state index in [0.29, 0.717) is 12.2 Å². The van der Waals surface area contributed by atoms with Crippen molar-refractivity contribution in [2.45, 2.75) is 24.0 Å². The Kier molecular flexibility index (Phi) is 4.49. The lowest BCUT2D eigenvalue weighted by Gasteiger charge is -2.37. The summed E-state index contributed by atoms with van der Waals surface area (Å²) >= 11 is 0. The number of rotatable bonds is 3. The summed E-state index contributed by atoms with van der Waals surface area (Å²) < 4.78 is 28.6. The van der Waals surface area contributed by atoms with Crippen molar-refractivity contribution in [3.8, 4) is 0 Å². The average Bonchev–Trinajstić information content (AvgIpc) is 3.03. The Morgan fingerprint density at radius 3 is 2.39 bits per heavy atom. The minimum Gasteiger partial charge on any atom is -0.390 e. The Hall–Kier alpha value is -1.00. The number of likely N-dealkylation sites (N-methyl/N-ethyl adjacent to an activating group) is 1. The van der Waals surface area contributed by atoms with Crippen molar-refractivity contribution < 1.29 is 13.5 Å². The quantitative estimate of drug-likeness (QED) is 0.735. The maximum Gasteiger partial charge on any atom is 0.246 e. The summed E-state index contributed by atoms with van der Waals surface area (Å²) in [7, 11) is 0.169. The molecule has 8 nitrogen and oxygen atoms in total. The van der Waals surface area contributed by atoms with Gasteiger partial charge in [-0.1, -0.05) is 0 Å². The summed E-state index contributed by atoms with van der Waals surface area (Å²) in [5, 5.41) is 14.5. The average molecular weight is 343 g/mol. The van der Waals surface area contributed by atoms with Crippen molar-refractivity contribution in [2.75, 3.05) is 46.3 Å². The number of β-amino-alcohol motifs (C(OH)–C–C–N with tert-alkyl or cyclic N) is 1. The first kappa shape index (κ1) is 16.8. The standard InChI is InChI=1S/C14H25N5O3S/c1-11-14(10-17(3)15-11)23(21,22)19-8-12(13(20)9-19)18-6-4-16(2)5-7-18/h10,12-13,20H,4-9H2,1-3H3/t12-,13-/m1/s1. The van der Waals surface area contributed by atoms with Gasteiger partial charge in [-0.15, -0.1) is 0 Å². The summed E-state index contributed by atoms with van der Waals surface area (Å²) in [5.74, 6) is 0. The normalized spacial score (nSPS) is 28.5. The van der Waals surface area contributed by atoms with E-state index in [9.17, 15) is 13.5 Å². The van der Waals surface area contributed by atoms with Crippen LogP contribution in [0.3, 0.4) is 0 Å². The molecule has 0 unspecified atom stereocenters. The molecule has 1 aromatic rings. The van der Waals surface area contributed by atoms with Gasteiger partial charge in [0.2, 0.25) is 10.0 Å². The number of nitrogens with zero attached hydrogens (tertiary/aromatic N) is 5. The van der Waals surface area contributed by atoms with Crippen molar-refractivity contribution in [3.05, 3.63) is 11.9 Å². The van der Waals surface area contributed by atoms with Crippen molar-refractivity contribution in [2.24, 2.45) is 7.05 Å². The molecule has 2 aliphatic heterocycles. The van der Waals surface area contributed by atoms with Crippen LogP contribution in [-0.4, -0.2) is 95.9 Å². The van der Waals surface area contributed by atoms with Gasteiger partial charge in [0.05, 0.1) is 17.8 Å². The number of sulfonamides is 1. The van der Waals surface area contributed by atoms with Crippen LogP contribution in [0.2, 0.25) is 0 Å². The molecule has 0 spiro atoms. The molecule has 0 saturated carbocycles. The molecule has 0 aromatic carbocycles. The minimum atomic E-state index is -3.61. The fraction of sp³-hybridized carbons (Fsp3) is 0.786. The van der Waals surface area contributed by atoms with Gasteiger partial charge in [-0.25, -0.2) is 8.42 Å². The second kappa shape index (κ2) is 6.14. The lowest BCUT2D eigenvalue weighted by Crippen LogP contribution is -2.52. The molecule has 3 heterocycles. The predicted molar refractivity (Wildman–Crippen MR) is 85.6 cm³/mol. The molecule has 23 heavy (non-hydrogen) atoms. The lowest BCUT2D eigenvalue weighted by molar-refractivity contribution is 0.0512. The van der Waals surface area contributed by atoms with E-state index in [4.69, 9.17) is 0 Å². The van der Waals surface area contributed by atoms with Gasteiger partial charge in [-0.2, -0.15) is 9.40 Å². The van der Waals surface area contributed by atoms with Gasteiger partial charge in [-0.3, -0.25) is 9.58 Å². The highest BCUT2D eigenvalue weighted by Gasteiger charge is 2.42. The zero-order chi connectivity index (χ0) is 16.8. The molecule has 9 heteroatoms. The van der Waals surface area contributed by atoms with Crippen LogP contribution >= 0.6 is 0 Å². The largest absolute Gasteiger partial charge is 0.390 e. The van der Waals surface area contributed by atoms with E-state index in [1.807, 2.05) is 0 Å². The molecule has 2 fully saturated rings. The van der Waals surface area contributed by atoms with Gasteiger partial charge >= 0.3 is 0 Å². The summed E-state index contributed by atoms with van der Waals surface area (Å²) in [6.45, 7) is 5.78. The van der Waals surface area contributed by atoms with E-state index < -0.39 is 16.1 Å². The van der Waals surface area contributed by atoms with Gasteiger partial charge < -0.3 is 10.0 Å². The second-order valence-corrected chi connectivity index (χ2v) is 8.45. The molecule has 0 aliphatic carbocycles. The summed E-state index contributed by atoms with van der Waals surface area (Å²) in [4.78, 5) is 4.67. The molecule has 2 aliphatic rings. The molecule has 0 bridgehead atoms. The Balaban J connectivity index is 1.76. The third-order valence-electron chi connectivity index (χ3n) is 4.82. The number of aryl methyl sites for hydroxylation is 2. The molecular weight excluding hydrogens is 318 g/mol. The number of aromatic nitrogens is 2. The SMILES string of the molecule is Cc1nn(C)cc1S(=O)(=O)N1C[C@@H](O)[C@H](N2CCN(C)CC2)C1. The number of aliphatic hydroxyl groups is 1. The molecule has 1 N–H and O–H groups in total. The fourth-order valence-electron chi connectivity index (χ4n) is 3.41. The molecule has 2 saturated heterocycles. The van der Waals surface area contributed by atoms with Crippen LogP contribution in [0.1, 0.15) is 5.69 Å². The Morgan fingerprint density at radius 1 is 1.17 bits per heavy atom. The Morgan fingerprint density at radius 2 is 1.83 bits per heavy atom. The number of aliphatic hydroxyl groups excluding tert-OH is 1. The molecule has 3 rings (SSSR count). The first-order valence-electron chi connectivity index (χ1n) is 7.90. The van der Waals surface area contributed by atoms with E-state index in [1.165, 1.54) is 15.2 Å².